The van der Waals surface area contributed by atoms with E-state index in [2.05, 4.69) is 46.4 Å². The zero-order chi connectivity index (χ0) is 13.2. The van der Waals surface area contributed by atoms with Gasteiger partial charge in [0.25, 0.3) is 0 Å². The van der Waals surface area contributed by atoms with Crippen LogP contribution in [0.3, 0.4) is 0 Å². The Balaban J connectivity index is 1.61. The van der Waals surface area contributed by atoms with Crippen LogP contribution in [0.15, 0.2) is 22.7 Å². The van der Waals surface area contributed by atoms with Crippen LogP contribution >= 0.6 is 27.3 Å². The fraction of sp³-hybridized carbons (Fsp3) is 0.533. The quantitative estimate of drug-likeness (QED) is 0.808. The maximum atomic E-state index is 4.78. The summed E-state index contributed by atoms with van der Waals surface area (Å²) in [5.41, 5.74) is 1.15. The van der Waals surface area contributed by atoms with E-state index in [1.807, 2.05) is 11.3 Å². The van der Waals surface area contributed by atoms with E-state index < -0.39 is 0 Å². The molecule has 0 unspecified atom stereocenters. The van der Waals surface area contributed by atoms with E-state index in [1.165, 1.54) is 35.5 Å². The average Bonchev–Trinajstić information content (AvgIpc) is 2.74. The molecule has 0 saturated heterocycles. The molecule has 4 heteroatoms. The summed E-state index contributed by atoms with van der Waals surface area (Å²) in [4.78, 5) is 4.78. The van der Waals surface area contributed by atoms with Gasteiger partial charge >= 0.3 is 0 Å². The molecular weight excluding hydrogens is 320 g/mol. The monoisotopic (exact) mass is 338 g/mol. The molecular formula is C15H19BrN2S. The van der Waals surface area contributed by atoms with Crippen molar-refractivity contribution in [3.8, 4) is 0 Å². The van der Waals surface area contributed by atoms with Crippen molar-refractivity contribution in [1.82, 2.24) is 10.3 Å². The number of hydrogen-bond donors (Lipinski definition) is 1. The molecule has 1 aliphatic carbocycles. The minimum absolute atomic E-state index is 0.699. The van der Waals surface area contributed by atoms with Gasteiger partial charge in [-0.05, 0) is 56.5 Å². The summed E-state index contributed by atoms with van der Waals surface area (Å²) < 4.78 is 2.45. The maximum absolute atomic E-state index is 4.78. The van der Waals surface area contributed by atoms with Crippen molar-refractivity contribution >= 4 is 37.5 Å². The van der Waals surface area contributed by atoms with Gasteiger partial charge in [0.1, 0.15) is 0 Å². The molecule has 102 valence electrons. The van der Waals surface area contributed by atoms with Crippen molar-refractivity contribution < 1.29 is 0 Å². The number of rotatable bonds is 5. The van der Waals surface area contributed by atoms with Gasteiger partial charge in [-0.1, -0.05) is 22.9 Å². The van der Waals surface area contributed by atoms with E-state index in [4.69, 9.17) is 4.98 Å². The van der Waals surface area contributed by atoms with Crippen LogP contribution < -0.4 is 5.32 Å². The smallest absolute Gasteiger partial charge is 0.0969 e. The average molecular weight is 339 g/mol. The molecule has 0 atom stereocenters. The number of hydrogen-bond acceptors (Lipinski definition) is 3. The molecule has 1 aliphatic rings. The molecule has 1 fully saturated rings. The fourth-order valence-electron chi connectivity index (χ4n) is 2.68. The second-order valence-electron chi connectivity index (χ2n) is 5.40. The summed E-state index contributed by atoms with van der Waals surface area (Å²) in [6.07, 6.45) is 3.83. The van der Waals surface area contributed by atoms with Gasteiger partial charge in [0, 0.05) is 10.4 Å². The summed E-state index contributed by atoms with van der Waals surface area (Å²) in [5, 5.41) is 4.85. The summed E-state index contributed by atoms with van der Waals surface area (Å²) >= 11 is 5.39. The molecule has 0 bridgehead atoms. The Morgan fingerprint density at radius 2 is 2.26 bits per heavy atom. The van der Waals surface area contributed by atoms with E-state index >= 15 is 0 Å². The zero-order valence-electron chi connectivity index (χ0n) is 11.2. The third-order valence-electron chi connectivity index (χ3n) is 3.81. The van der Waals surface area contributed by atoms with Gasteiger partial charge in [0.05, 0.1) is 15.2 Å². The van der Waals surface area contributed by atoms with Crippen molar-refractivity contribution in [3.63, 3.8) is 0 Å². The molecule has 1 aromatic heterocycles. The van der Waals surface area contributed by atoms with Gasteiger partial charge < -0.3 is 5.32 Å². The molecule has 0 radical (unpaired) electrons. The molecule has 1 saturated carbocycles. The van der Waals surface area contributed by atoms with Crippen molar-refractivity contribution in [2.75, 3.05) is 13.1 Å². The van der Waals surface area contributed by atoms with Gasteiger partial charge in [-0.25, -0.2) is 4.98 Å². The lowest BCUT2D eigenvalue weighted by Crippen LogP contribution is -2.32. The molecule has 0 amide bonds. The standard InChI is InChI=1S/C15H19BrN2S/c1-2-5-17-9-10-6-11(7-10)15-18-13-4-3-12(16)8-14(13)19-15/h3-4,8,10-11,17H,2,5-7,9H2,1H3. The van der Waals surface area contributed by atoms with Gasteiger partial charge in [-0.15, -0.1) is 11.3 Å². The Morgan fingerprint density at radius 1 is 1.42 bits per heavy atom. The molecule has 1 N–H and O–H groups in total. The number of nitrogens with one attached hydrogen (secondary N) is 1. The van der Waals surface area contributed by atoms with Crippen LogP contribution in [-0.2, 0) is 0 Å². The van der Waals surface area contributed by atoms with Gasteiger partial charge in [0.2, 0.25) is 0 Å². The van der Waals surface area contributed by atoms with Crippen LogP contribution in [-0.4, -0.2) is 18.1 Å². The minimum Gasteiger partial charge on any atom is -0.316 e. The predicted molar refractivity (Wildman–Crippen MR) is 85.9 cm³/mol. The normalized spacial score (nSPS) is 22.6. The van der Waals surface area contributed by atoms with Gasteiger partial charge in [-0.3, -0.25) is 0 Å². The largest absolute Gasteiger partial charge is 0.316 e. The number of benzene rings is 1. The molecule has 2 nitrogen and oxygen atoms in total. The second-order valence-corrected chi connectivity index (χ2v) is 7.38. The fourth-order valence-corrected chi connectivity index (χ4v) is 4.32. The lowest BCUT2D eigenvalue weighted by atomic mass is 9.75. The highest BCUT2D eigenvalue weighted by atomic mass is 79.9. The van der Waals surface area contributed by atoms with Crippen LogP contribution in [0, 0.1) is 5.92 Å². The highest BCUT2D eigenvalue weighted by Gasteiger charge is 2.32. The predicted octanol–water partition coefficient (Wildman–Crippen LogP) is 4.55. The molecule has 1 heterocycles. The van der Waals surface area contributed by atoms with E-state index in [0.29, 0.717) is 5.92 Å². The summed E-state index contributed by atoms with van der Waals surface area (Å²) in [6.45, 7) is 4.55. The Hall–Kier alpha value is -0.450. The first-order valence-corrected chi connectivity index (χ1v) is 8.64. The van der Waals surface area contributed by atoms with E-state index in [-0.39, 0.29) is 0 Å². The number of aromatic nitrogens is 1. The summed E-state index contributed by atoms with van der Waals surface area (Å²) in [6, 6.07) is 6.36. The summed E-state index contributed by atoms with van der Waals surface area (Å²) in [5.74, 6) is 1.56. The highest BCUT2D eigenvalue weighted by molar-refractivity contribution is 9.10. The van der Waals surface area contributed by atoms with Crippen LogP contribution in [0.1, 0.15) is 37.1 Å². The van der Waals surface area contributed by atoms with E-state index in [1.54, 1.807) is 0 Å². The highest BCUT2D eigenvalue weighted by Crippen LogP contribution is 2.43. The molecule has 2 aromatic rings. The van der Waals surface area contributed by atoms with Crippen molar-refractivity contribution in [2.45, 2.75) is 32.1 Å². The number of halogens is 1. The first kappa shape index (κ1) is 13.5. The number of fused-ring (bicyclic) bond motifs is 1. The van der Waals surface area contributed by atoms with E-state index in [0.717, 1.165) is 22.5 Å². The van der Waals surface area contributed by atoms with Crippen molar-refractivity contribution in [2.24, 2.45) is 5.92 Å². The minimum atomic E-state index is 0.699. The maximum Gasteiger partial charge on any atom is 0.0969 e. The van der Waals surface area contributed by atoms with Crippen LogP contribution in [0.4, 0.5) is 0 Å². The molecule has 0 aliphatic heterocycles. The molecule has 3 rings (SSSR count). The number of thiazole rings is 1. The lowest BCUT2D eigenvalue weighted by Gasteiger charge is -2.34. The first-order chi connectivity index (χ1) is 9.26. The first-order valence-electron chi connectivity index (χ1n) is 7.03. The van der Waals surface area contributed by atoms with Gasteiger partial charge in [0.15, 0.2) is 0 Å². The Bertz CT molecular complexity index is 560. The zero-order valence-corrected chi connectivity index (χ0v) is 13.6. The van der Waals surface area contributed by atoms with Crippen LogP contribution in [0.2, 0.25) is 0 Å². The third kappa shape index (κ3) is 3.01. The summed E-state index contributed by atoms with van der Waals surface area (Å²) in [7, 11) is 0. The van der Waals surface area contributed by atoms with Gasteiger partial charge in [-0.2, -0.15) is 0 Å². The third-order valence-corrected chi connectivity index (χ3v) is 5.49. The van der Waals surface area contributed by atoms with E-state index in [9.17, 15) is 0 Å². The van der Waals surface area contributed by atoms with Crippen LogP contribution in [0.5, 0.6) is 0 Å². The number of nitrogens with zero attached hydrogens (tertiary/aromatic N) is 1. The van der Waals surface area contributed by atoms with Crippen LogP contribution in [0.25, 0.3) is 10.2 Å². The molecule has 19 heavy (non-hydrogen) atoms. The Morgan fingerprint density at radius 3 is 3.05 bits per heavy atom. The van der Waals surface area contributed by atoms with Crippen molar-refractivity contribution in [1.29, 1.82) is 0 Å². The van der Waals surface area contributed by atoms with Crippen molar-refractivity contribution in [3.05, 3.63) is 27.7 Å². The lowest BCUT2D eigenvalue weighted by molar-refractivity contribution is 0.254. The molecule has 0 spiro atoms. The Kier molecular flexibility index (Phi) is 4.20. The molecule has 1 aromatic carbocycles. The topological polar surface area (TPSA) is 24.9 Å². The second kappa shape index (κ2) is 5.90. The SMILES string of the molecule is CCCNCC1CC(c2nc3ccc(Br)cc3s2)C1. The Labute approximate surface area is 126 Å².